The number of imidazole rings is 1. The summed E-state index contributed by atoms with van der Waals surface area (Å²) in [6, 6.07) is 6.94. The average molecular weight is 458 g/mol. The smallest absolute Gasteiger partial charge is 0.254 e. The van der Waals surface area contributed by atoms with Gasteiger partial charge >= 0.3 is 0 Å². The van der Waals surface area contributed by atoms with E-state index in [2.05, 4.69) is 31.0 Å². The molecule has 4 aromatic rings. The first kappa shape index (κ1) is 20.1. The summed E-state index contributed by atoms with van der Waals surface area (Å²) < 4.78 is 18.2. The van der Waals surface area contributed by atoms with Gasteiger partial charge in [-0.15, -0.1) is 0 Å². The molecule has 4 heterocycles. The van der Waals surface area contributed by atoms with E-state index in [1.807, 2.05) is 0 Å². The minimum atomic E-state index is -0.443. The molecule has 2 amide bonds. The Hall–Kier alpha value is -4.54. The number of nitrogens with zero attached hydrogens (tertiary/aromatic N) is 5. The number of carbonyl (C=O) groups excluding carboxylic acids is 2. The summed E-state index contributed by atoms with van der Waals surface area (Å²) in [5.41, 5.74) is 2.31. The van der Waals surface area contributed by atoms with Crippen LogP contribution in [0, 0.1) is 5.82 Å². The van der Waals surface area contributed by atoms with Gasteiger partial charge < -0.3 is 15.2 Å². The van der Waals surface area contributed by atoms with Crippen molar-refractivity contribution in [1.29, 1.82) is 0 Å². The van der Waals surface area contributed by atoms with Crippen LogP contribution in [0.4, 0.5) is 21.7 Å². The highest BCUT2D eigenvalue weighted by molar-refractivity contribution is 6.15. The van der Waals surface area contributed by atoms with E-state index < -0.39 is 11.7 Å². The molecule has 0 spiro atoms. The van der Waals surface area contributed by atoms with Crippen LogP contribution in [0.1, 0.15) is 24.8 Å². The summed E-state index contributed by atoms with van der Waals surface area (Å²) in [5.74, 6) is -0.0932. The number of hydrogen-bond donors (Lipinski definition) is 3. The molecule has 1 aliphatic heterocycles. The molecule has 10 nitrogen and oxygen atoms in total. The Labute approximate surface area is 192 Å². The van der Waals surface area contributed by atoms with Gasteiger partial charge in [0.2, 0.25) is 5.91 Å². The molecule has 1 saturated heterocycles. The van der Waals surface area contributed by atoms with Crippen LogP contribution in [0.5, 0.6) is 0 Å². The van der Waals surface area contributed by atoms with Gasteiger partial charge in [-0.25, -0.2) is 14.4 Å². The Kier molecular flexibility index (Phi) is 4.61. The molecule has 170 valence electrons. The van der Waals surface area contributed by atoms with Crippen LogP contribution in [0.15, 0.2) is 54.8 Å². The summed E-state index contributed by atoms with van der Waals surface area (Å²) in [6.07, 6.45) is 10.3. The van der Waals surface area contributed by atoms with Crippen molar-refractivity contribution in [2.45, 2.75) is 25.3 Å². The average Bonchev–Trinajstić information content (AvgIpc) is 3.18. The maximum atomic E-state index is 14.9. The van der Waals surface area contributed by atoms with Crippen molar-refractivity contribution in [2.24, 2.45) is 0 Å². The predicted molar refractivity (Wildman–Crippen MR) is 122 cm³/mol. The fourth-order valence-corrected chi connectivity index (χ4v) is 3.81. The third kappa shape index (κ3) is 3.76. The standard InChI is InChI=1S/C23H19FN8O2/c24-17-9-16(31-6-5-25-12-31)3-4-18(17)28-19-10-20(27-15-1-2-15)32-22(29-19)14(11-26-32)7-13-8-21(33)30-23(13)34/h3-7,9-12,15,27H,1-2,8H2,(H,28,29)(H,30,33,34). The zero-order valence-electron chi connectivity index (χ0n) is 17.8. The number of rotatable bonds is 6. The third-order valence-electron chi connectivity index (χ3n) is 5.67. The van der Waals surface area contributed by atoms with E-state index >= 15 is 0 Å². The minimum absolute atomic E-state index is 0.00969. The number of benzene rings is 1. The van der Waals surface area contributed by atoms with Crippen molar-refractivity contribution < 1.29 is 14.0 Å². The van der Waals surface area contributed by atoms with Crippen molar-refractivity contribution in [3.63, 3.8) is 0 Å². The van der Waals surface area contributed by atoms with Crippen LogP contribution in [0.3, 0.4) is 0 Å². The number of halogens is 1. The number of amides is 2. The van der Waals surface area contributed by atoms with Gasteiger partial charge in [-0.1, -0.05) is 0 Å². The largest absolute Gasteiger partial charge is 0.367 e. The van der Waals surface area contributed by atoms with Gasteiger partial charge in [0.15, 0.2) is 5.65 Å². The molecule has 34 heavy (non-hydrogen) atoms. The lowest BCUT2D eigenvalue weighted by molar-refractivity contribution is -0.124. The number of carbonyl (C=O) groups is 2. The van der Waals surface area contributed by atoms with Crippen molar-refractivity contribution in [3.8, 4) is 5.69 Å². The Balaban J connectivity index is 1.38. The maximum Gasteiger partial charge on any atom is 0.254 e. The molecule has 0 bridgehead atoms. The van der Waals surface area contributed by atoms with E-state index in [0.29, 0.717) is 40.1 Å². The molecule has 0 atom stereocenters. The monoisotopic (exact) mass is 458 g/mol. The van der Waals surface area contributed by atoms with Crippen molar-refractivity contribution in [3.05, 3.63) is 66.1 Å². The summed E-state index contributed by atoms with van der Waals surface area (Å²) in [5, 5.41) is 13.1. The van der Waals surface area contributed by atoms with Crippen LogP contribution in [0.2, 0.25) is 0 Å². The highest BCUT2D eigenvalue weighted by atomic mass is 19.1. The van der Waals surface area contributed by atoms with Gasteiger partial charge in [-0.3, -0.25) is 14.9 Å². The molecule has 2 aliphatic rings. The molecule has 0 radical (unpaired) electrons. The van der Waals surface area contributed by atoms with Crippen molar-refractivity contribution in [2.75, 3.05) is 10.6 Å². The second-order valence-electron chi connectivity index (χ2n) is 8.26. The molecule has 6 rings (SSSR count). The summed E-state index contributed by atoms with van der Waals surface area (Å²) in [7, 11) is 0. The Morgan fingerprint density at radius 3 is 2.79 bits per heavy atom. The first-order valence-electron chi connectivity index (χ1n) is 10.8. The van der Waals surface area contributed by atoms with Gasteiger partial charge in [0, 0.05) is 47.4 Å². The van der Waals surface area contributed by atoms with Crippen molar-refractivity contribution >= 4 is 40.9 Å². The molecule has 1 saturated carbocycles. The topological polar surface area (TPSA) is 118 Å². The van der Waals surface area contributed by atoms with Crippen LogP contribution in [0.25, 0.3) is 17.4 Å². The number of fused-ring (bicyclic) bond motifs is 1. The lowest BCUT2D eigenvalue weighted by atomic mass is 10.1. The molecule has 2 fully saturated rings. The maximum absolute atomic E-state index is 14.9. The van der Waals surface area contributed by atoms with E-state index in [1.54, 1.807) is 58.3 Å². The van der Waals surface area contributed by atoms with E-state index in [4.69, 9.17) is 0 Å². The van der Waals surface area contributed by atoms with Crippen LogP contribution in [-0.4, -0.2) is 42.0 Å². The van der Waals surface area contributed by atoms with Gasteiger partial charge in [0.25, 0.3) is 5.91 Å². The molecule has 11 heteroatoms. The molecule has 0 unspecified atom stereocenters. The van der Waals surface area contributed by atoms with Crippen LogP contribution >= 0.6 is 0 Å². The second kappa shape index (κ2) is 7.80. The number of anilines is 3. The van der Waals surface area contributed by atoms with Gasteiger partial charge in [0.1, 0.15) is 17.5 Å². The van der Waals surface area contributed by atoms with Crippen LogP contribution < -0.4 is 16.0 Å². The van der Waals surface area contributed by atoms with E-state index in [-0.39, 0.29) is 18.0 Å². The normalized spacial score (nSPS) is 16.9. The highest BCUT2D eigenvalue weighted by Crippen LogP contribution is 2.29. The Bertz CT molecular complexity index is 1470. The quantitative estimate of drug-likeness (QED) is 0.300. The summed E-state index contributed by atoms with van der Waals surface area (Å²) in [6.45, 7) is 0. The number of nitrogens with one attached hydrogen (secondary N) is 3. The van der Waals surface area contributed by atoms with E-state index in [9.17, 15) is 14.0 Å². The van der Waals surface area contributed by atoms with Gasteiger partial charge in [-0.2, -0.15) is 9.61 Å². The molecular formula is C23H19FN8O2. The summed E-state index contributed by atoms with van der Waals surface area (Å²) >= 11 is 0. The molecule has 3 N–H and O–H groups in total. The molecular weight excluding hydrogens is 439 g/mol. The SMILES string of the molecule is O=C1CC(=Cc2cnn3c(NC4CC4)cc(Nc4ccc(-n5ccnc5)cc4F)nc23)C(=O)N1. The van der Waals surface area contributed by atoms with Crippen molar-refractivity contribution in [1.82, 2.24) is 29.5 Å². The number of imide groups is 1. The number of aromatic nitrogens is 5. The fraction of sp³-hybridized carbons (Fsp3) is 0.174. The lowest BCUT2D eigenvalue weighted by Crippen LogP contribution is -2.19. The highest BCUT2D eigenvalue weighted by Gasteiger charge is 2.26. The van der Waals surface area contributed by atoms with E-state index in [0.717, 1.165) is 12.8 Å². The summed E-state index contributed by atoms with van der Waals surface area (Å²) in [4.78, 5) is 32.2. The lowest BCUT2D eigenvalue weighted by Gasteiger charge is -2.13. The Morgan fingerprint density at radius 1 is 1.21 bits per heavy atom. The zero-order chi connectivity index (χ0) is 23.2. The minimum Gasteiger partial charge on any atom is -0.367 e. The van der Waals surface area contributed by atoms with Crippen LogP contribution in [-0.2, 0) is 9.59 Å². The molecule has 1 aromatic carbocycles. The molecule has 3 aromatic heterocycles. The first-order valence-corrected chi connectivity index (χ1v) is 10.8. The molecule has 1 aliphatic carbocycles. The van der Waals surface area contributed by atoms with Gasteiger partial charge in [0.05, 0.1) is 24.6 Å². The third-order valence-corrected chi connectivity index (χ3v) is 5.67. The van der Waals surface area contributed by atoms with Gasteiger partial charge in [-0.05, 0) is 31.1 Å². The zero-order valence-corrected chi connectivity index (χ0v) is 17.8. The number of hydrogen-bond acceptors (Lipinski definition) is 7. The first-order chi connectivity index (χ1) is 16.5. The fourth-order valence-electron chi connectivity index (χ4n) is 3.81. The Morgan fingerprint density at radius 2 is 2.09 bits per heavy atom. The predicted octanol–water partition coefficient (Wildman–Crippen LogP) is 2.80. The second-order valence-corrected chi connectivity index (χ2v) is 8.26. The van der Waals surface area contributed by atoms with E-state index in [1.165, 1.54) is 6.07 Å².